The molecule has 5 rings (SSSR count). The third-order valence-corrected chi connectivity index (χ3v) is 6.11. The van der Waals surface area contributed by atoms with Crippen LogP contribution in [0.5, 0.6) is 0 Å². The highest BCUT2D eigenvalue weighted by Crippen LogP contribution is 2.32. The van der Waals surface area contributed by atoms with E-state index in [1.54, 1.807) is 9.47 Å². The van der Waals surface area contributed by atoms with Crippen molar-refractivity contribution in [1.29, 1.82) is 0 Å². The van der Waals surface area contributed by atoms with Gasteiger partial charge in [-0.15, -0.1) is 0 Å². The van der Waals surface area contributed by atoms with Gasteiger partial charge in [-0.25, -0.2) is 19.7 Å². The Morgan fingerprint density at radius 2 is 2.15 bits per heavy atom. The average molecular weight is 470 g/mol. The summed E-state index contributed by atoms with van der Waals surface area (Å²) >= 11 is 0. The molecule has 2 amide bonds. The summed E-state index contributed by atoms with van der Waals surface area (Å²) < 4.78 is 12.2. The lowest BCUT2D eigenvalue weighted by atomic mass is 10.2. The first-order valence-electron chi connectivity index (χ1n) is 11.4. The minimum Gasteiger partial charge on any atom is -0.453 e. The van der Waals surface area contributed by atoms with Gasteiger partial charge < -0.3 is 25.6 Å². The highest BCUT2D eigenvalue weighted by atomic mass is 16.5. The summed E-state index contributed by atoms with van der Waals surface area (Å²) in [5.74, 6) is 6.30. The molecule has 0 spiro atoms. The van der Waals surface area contributed by atoms with Crippen molar-refractivity contribution < 1.29 is 24.2 Å². The number of aromatic nitrogens is 4. The van der Waals surface area contributed by atoms with E-state index in [0.717, 1.165) is 25.7 Å². The van der Waals surface area contributed by atoms with E-state index in [2.05, 4.69) is 32.1 Å². The summed E-state index contributed by atoms with van der Waals surface area (Å²) in [6, 6.07) is 0.203. The Bertz CT molecular complexity index is 1160. The molecule has 2 aromatic rings. The molecule has 3 unspecified atom stereocenters. The number of imidazole rings is 1. The van der Waals surface area contributed by atoms with Gasteiger partial charge in [0.25, 0.3) is 0 Å². The van der Waals surface area contributed by atoms with Gasteiger partial charge in [0.15, 0.2) is 17.7 Å². The Morgan fingerprint density at radius 3 is 2.85 bits per heavy atom. The van der Waals surface area contributed by atoms with Crippen LogP contribution in [0.1, 0.15) is 44.2 Å². The van der Waals surface area contributed by atoms with Crippen molar-refractivity contribution in [1.82, 2.24) is 29.7 Å². The van der Waals surface area contributed by atoms with Crippen molar-refractivity contribution in [2.45, 2.75) is 56.6 Å². The van der Waals surface area contributed by atoms with E-state index in [0.29, 0.717) is 23.6 Å². The Labute approximate surface area is 195 Å². The van der Waals surface area contributed by atoms with Crippen LogP contribution in [0, 0.1) is 17.8 Å². The van der Waals surface area contributed by atoms with E-state index in [1.165, 1.54) is 13.4 Å². The van der Waals surface area contributed by atoms with E-state index in [1.807, 2.05) is 0 Å². The van der Waals surface area contributed by atoms with Gasteiger partial charge in [0.2, 0.25) is 11.7 Å². The Morgan fingerprint density at radius 1 is 1.35 bits per heavy atom. The maximum Gasteiger partial charge on any atom is 0.410 e. The van der Waals surface area contributed by atoms with Gasteiger partial charge >= 0.3 is 6.09 Å². The van der Waals surface area contributed by atoms with Gasteiger partial charge in [-0.2, -0.15) is 0 Å². The predicted octanol–water partition coefficient (Wildman–Crippen LogP) is 0.165. The van der Waals surface area contributed by atoms with Crippen molar-refractivity contribution >= 4 is 29.0 Å². The fraction of sp³-hybridized carbons (Fsp3) is 0.591. The molecule has 12 nitrogen and oxygen atoms in total. The lowest BCUT2D eigenvalue weighted by molar-refractivity contribution is -0.134. The fourth-order valence-corrected chi connectivity index (χ4v) is 3.93. The summed E-state index contributed by atoms with van der Waals surface area (Å²) in [6.07, 6.45) is 2.80. The molecule has 0 aromatic carbocycles. The third-order valence-electron chi connectivity index (χ3n) is 6.11. The summed E-state index contributed by atoms with van der Waals surface area (Å²) in [6.45, 7) is 0.772. The number of aliphatic hydroxyl groups is 1. The number of nitrogens with zero attached hydrogens (tertiary/aromatic N) is 5. The van der Waals surface area contributed by atoms with Crippen LogP contribution in [-0.2, 0) is 14.3 Å². The number of aliphatic hydroxyl groups excluding tert-OH is 1. The van der Waals surface area contributed by atoms with Crippen molar-refractivity contribution in [3.63, 3.8) is 0 Å². The SMILES string of the molecule is COC(=O)N(CC#Cc1nc(N)c2ncn(C3OC(C(=O)NC4CC4)CC3O)c2n1)CC1CC1. The molecule has 180 valence electrons. The lowest BCUT2D eigenvalue weighted by Crippen LogP contribution is -2.35. The Hall–Kier alpha value is -3.43. The molecule has 2 aromatic heterocycles. The molecule has 2 aliphatic carbocycles. The van der Waals surface area contributed by atoms with Crippen LogP contribution in [0.4, 0.5) is 10.6 Å². The first-order chi connectivity index (χ1) is 16.4. The first kappa shape index (κ1) is 22.4. The molecule has 3 aliphatic rings. The number of nitrogens with one attached hydrogen (secondary N) is 1. The lowest BCUT2D eigenvalue weighted by Gasteiger charge is -2.17. The van der Waals surface area contributed by atoms with Crippen LogP contribution in [0.3, 0.4) is 0 Å². The molecule has 3 heterocycles. The van der Waals surface area contributed by atoms with Crippen molar-refractivity contribution in [2.24, 2.45) is 5.92 Å². The number of amides is 2. The van der Waals surface area contributed by atoms with Crippen LogP contribution in [0.2, 0.25) is 0 Å². The van der Waals surface area contributed by atoms with Crippen LogP contribution < -0.4 is 11.1 Å². The van der Waals surface area contributed by atoms with E-state index in [4.69, 9.17) is 15.2 Å². The minimum atomic E-state index is -0.922. The largest absolute Gasteiger partial charge is 0.453 e. The zero-order chi connectivity index (χ0) is 23.8. The Balaban J connectivity index is 1.34. The van der Waals surface area contributed by atoms with Gasteiger partial charge in [0, 0.05) is 19.0 Å². The van der Waals surface area contributed by atoms with E-state index in [-0.39, 0.29) is 36.6 Å². The number of fused-ring (bicyclic) bond motifs is 1. The topological polar surface area (TPSA) is 158 Å². The molecular weight excluding hydrogens is 442 g/mol. The smallest absolute Gasteiger partial charge is 0.410 e. The summed E-state index contributed by atoms with van der Waals surface area (Å²) in [4.78, 5) is 38.8. The van der Waals surface area contributed by atoms with E-state index < -0.39 is 24.5 Å². The highest BCUT2D eigenvalue weighted by molar-refractivity contribution is 5.83. The van der Waals surface area contributed by atoms with Crippen molar-refractivity contribution in [3.05, 3.63) is 12.2 Å². The van der Waals surface area contributed by atoms with E-state index >= 15 is 0 Å². The molecule has 1 aliphatic heterocycles. The zero-order valence-corrected chi connectivity index (χ0v) is 18.8. The molecule has 0 bridgehead atoms. The number of rotatable bonds is 6. The first-order valence-corrected chi connectivity index (χ1v) is 11.4. The molecule has 12 heteroatoms. The van der Waals surface area contributed by atoms with Gasteiger partial charge in [-0.1, -0.05) is 5.92 Å². The molecule has 3 atom stereocenters. The van der Waals surface area contributed by atoms with Crippen LogP contribution >= 0.6 is 0 Å². The van der Waals surface area contributed by atoms with Crippen LogP contribution in [0.15, 0.2) is 6.33 Å². The molecule has 0 radical (unpaired) electrons. The summed E-state index contributed by atoms with van der Waals surface area (Å²) in [5, 5.41) is 13.5. The maximum absolute atomic E-state index is 12.4. The molecule has 3 fully saturated rings. The number of nitrogens with two attached hydrogens (primary N) is 1. The molecule has 4 N–H and O–H groups in total. The van der Waals surface area contributed by atoms with Crippen molar-refractivity contribution in [3.8, 4) is 11.8 Å². The minimum absolute atomic E-state index is 0.131. The molecule has 2 saturated carbocycles. The second kappa shape index (κ2) is 9.08. The second-order valence-electron chi connectivity index (χ2n) is 8.95. The average Bonchev–Trinajstić information content (AvgIpc) is 3.73. The number of ether oxygens (including phenoxy) is 2. The highest BCUT2D eigenvalue weighted by Gasteiger charge is 2.41. The molecule has 34 heavy (non-hydrogen) atoms. The van der Waals surface area contributed by atoms with Gasteiger partial charge in [0.05, 0.1) is 20.0 Å². The molecule has 1 saturated heterocycles. The summed E-state index contributed by atoms with van der Waals surface area (Å²) in [5.41, 5.74) is 6.75. The zero-order valence-electron chi connectivity index (χ0n) is 18.8. The maximum atomic E-state index is 12.4. The molecular formula is C22H27N7O5. The standard InChI is InChI=1S/C22H27N7O5/c1-33-22(32)28(10-12-4-5-12)8-2-3-16-26-18(23)17-19(27-16)29(11-24-17)21-14(30)9-15(34-21)20(31)25-13-6-7-13/h11-15,21,30H,4-10H2,1H3,(H,25,31)(H2,23,26,27). The number of hydrogen-bond donors (Lipinski definition) is 3. The fourth-order valence-electron chi connectivity index (χ4n) is 3.93. The Kier molecular flexibility index (Phi) is 5.97. The van der Waals surface area contributed by atoms with Gasteiger partial charge in [-0.05, 0) is 37.5 Å². The summed E-state index contributed by atoms with van der Waals surface area (Å²) in [7, 11) is 1.34. The third kappa shape index (κ3) is 4.76. The van der Waals surface area contributed by atoms with Crippen LogP contribution in [-0.4, -0.2) is 80.0 Å². The number of nitrogen functional groups attached to an aromatic ring is 1. The number of anilines is 1. The predicted molar refractivity (Wildman–Crippen MR) is 119 cm³/mol. The van der Waals surface area contributed by atoms with Crippen LogP contribution in [0.25, 0.3) is 11.2 Å². The normalized spacial score (nSPS) is 23.9. The number of methoxy groups -OCH3 is 1. The van der Waals surface area contributed by atoms with E-state index in [9.17, 15) is 14.7 Å². The monoisotopic (exact) mass is 469 g/mol. The number of carbonyl (C=O) groups is 2. The van der Waals surface area contributed by atoms with Crippen molar-refractivity contribution in [2.75, 3.05) is 25.9 Å². The quantitative estimate of drug-likeness (QED) is 0.501. The number of carbonyl (C=O) groups excluding carboxylic acids is 2. The number of hydrogen-bond acceptors (Lipinski definition) is 9. The van der Waals surface area contributed by atoms with Gasteiger partial charge in [-0.3, -0.25) is 14.3 Å². The second-order valence-corrected chi connectivity index (χ2v) is 8.95. The van der Waals surface area contributed by atoms with Gasteiger partial charge in [0.1, 0.15) is 17.7 Å².